The first-order valence-corrected chi connectivity index (χ1v) is 11.1. The van der Waals surface area contributed by atoms with Crippen molar-refractivity contribution in [2.75, 3.05) is 18.8 Å². The summed E-state index contributed by atoms with van der Waals surface area (Å²) in [6, 6.07) is 14.2. The highest BCUT2D eigenvalue weighted by atomic mass is 32.2. The lowest BCUT2D eigenvalue weighted by molar-refractivity contribution is -0.129. The number of fused-ring (bicyclic) bond motifs is 3. The predicted octanol–water partition coefficient (Wildman–Crippen LogP) is 3.28. The number of ether oxygens (including phenoxy) is 1. The van der Waals surface area contributed by atoms with E-state index < -0.39 is 0 Å². The van der Waals surface area contributed by atoms with Crippen LogP contribution in [-0.2, 0) is 16.0 Å². The normalized spacial score (nSPS) is 23.7. The van der Waals surface area contributed by atoms with Crippen LogP contribution in [0.2, 0.25) is 0 Å². The Morgan fingerprint density at radius 2 is 1.93 bits per heavy atom. The molecule has 0 radical (unpaired) electrons. The van der Waals surface area contributed by atoms with E-state index in [2.05, 4.69) is 17.1 Å². The number of hydrogen-bond acceptors (Lipinski definition) is 5. The minimum Gasteiger partial charge on any atom is -0.443 e. The molecule has 29 heavy (non-hydrogen) atoms. The van der Waals surface area contributed by atoms with Gasteiger partial charge in [-0.25, -0.2) is 9.78 Å². The summed E-state index contributed by atoms with van der Waals surface area (Å²) in [5, 5.41) is 0.862. The molecule has 0 unspecified atom stereocenters. The molecule has 2 aliphatic heterocycles. The second-order valence-electron chi connectivity index (χ2n) is 7.75. The van der Waals surface area contributed by atoms with Crippen molar-refractivity contribution in [2.45, 2.75) is 42.5 Å². The highest BCUT2D eigenvalue weighted by molar-refractivity contribution is 7.99. The molecule has 2 atom stereocenters. The molecule has 3 heterocycles. The first kappa shape index (κ1) is 18.5. The molecule has 2 aromatic rings. The van der Waals surface area contributed by atoms with Gasteiger partial charge < -0.3 is 9.64 Å². The summed E-state index contributed by atoms with van der Waals surface area (Å²) < 4.78 is 5.69. The number of benzene rings is 1. The van der Waals surface area contributed by atoms with Gasteiger partial charge in [0.25, 0.3) is 0 Å². The van der Waals surface area contributed by atoms with E-state index in [-0.39, 0.29) is 30.2 Å². The fraction of sp³-hybridized carbons (Fsp3) is 0.409. The van der Waals surface area contributed by atoms with Crippen LogP contribution in [0.3, 0.4) is 0 Å². The Morgan fingerprint density at radius 1 is 1.14 bits per heavy atom. The van der Waals surface area contributed by atoms with Crippen molar-refractivity contribution in [1.29, 1.82) is 0 Å². The van der Waals surface area contributed by atoms with E-state index in [1.807, 2.05) is 40.1 Å². The second-order valence-corrected chi connectivity index (χ2v) is 8.74. The van der Waals surface area contributed by atoms with E-state index in [9.17, 15) is 9.59 Å². The Hall–Kier alpha value is -2.54. The number of likely N-dealkylation sites (tertiary alicyclic amines) is 1. The van der Waals surface area contributed by atoms with E-state index in [1.54, 1.807) is 6.20 Å². The van der Waals surface area contributed by atoms with Crippen LogP contribution in [0.5, 0.6) is 0 Å². The van der Waals surface area contributed by atoms with Gasteiger partial charge in [0.15, 0.2) is 0 Å². The van der Waals surface area contributed by atoms with Crippen LogP contribution in [0.15, 0.2) is 53.7 Å². The minimum atomic E-state index is -0.204. The Bertz CT molecular complexity index is 915. The third-order valence-corrected chi connectivity index (χ3v) is 7.03. The van der Waals surface area contributed by atoms with Gasteiger partial charge in [-0.3, -0.25) is 9.69 Å². The van der Waals surface area contributed by atoms with E-state index in [4.69, 9.17) is 4.74 Å². The van der Waals surface area contributed by atoms with Gasteiger partial charge in [-0.05, 0) is 36.1 Å². The summed E-state index contributed by atoms with van der Waals surface area (Å²) in [5.74, 6) is 0.526. The molecule has 0 bridgehead atoms. The van der Waals surface area contributed by atoms with Crippen LogP contribution in [0.1, 0.15) is 30.0 Å². The standard InChI is InChI=1S/C22H23N3O3S/c26-20(14-29-19-7-3-4-10-23-19)24-11-8-16(9-12-24)25-21-17-6-2-1-5-15(17)13-18(21)28-22(25)27/h1-7,10,16,18,21H,8-9,11-14H2/t18-,21+/m1/s1. The largest absolute Gasteiger partial charge is 0.443 e. The maximum Gasteiger partial charge on any atom is 0.411 e. The van der Waals surface area contributed by atoms with Crippen molar-refractivity contribution < 1.29 is 14.3 Å². The van der Waals surface area contributed by atoms with E-state index in [0.29, 0.717) is 18.8 Å². The van der Waals surface area contributed by atoms with Crippen LogP contribution in [0.4, 0.5) is 4.79 Å². The summed E-state index contributed by atoms with van der Waals surface area (Å²) in [7, 11) is 0. The van der Waals surface area contributed by atoms with E-state index in [0.717, 1.165) is 24.3 Å². The summed E-state index contributed by atoms with van der Waals surface area (Å²) in [6.45, 7) is 1.35. The zero-order chi connectivity index (χ0) is 19.8. The first-order chi connectivity index (χ1) is 14.2. The summed E-state index contributed by atoms with van der Waals surface area (Å²) in [4.78, 5) is 33.3. The maximum absolute atomic E-state index is 12.6. The smallest absolute Gasteiger partial charge is 0.411 e. The topological polar surface area (TPSA) is 62.7 Å². The number of carbonyl (C=O) groups excluding carboxylic acids is 2. The molecule has 6 nitrogen and oxygen atoms in total. The third-order valence-electron chi connectivity index (χ3n) is 6.10. The Morgan fingerprint density at radius 3 is 2.72 bits per heavy atom. The number of carbonyl (C=O) groups is 2. The summed E-state index contributed by atoms with van der Waals surface area (Å²) in [6.07, 6.45) is 3.84. The number of hydrogen-bond donors (Lipinski definition) is 0. The molecule has 0 spiro atoms. The number of rotatable bonds is 4. The van der Waals surface area contributed by atoms with Gasteiger partial charge in [0.1, 0.15) is 6.10 Å². The highest BCUT2D eigenvalue weighted by Crippen LogP contribution is 2.44. The minimum absolute atomic E-state index is 0.0191. The number of thioether (sulfide) groups is 1. The molecule has 5 rings (SSSR count). The average Bonchev–Trinajstić information content (AvgIpc) is 3.27. The van der Waals surface area contributed by atoms with Gasteiger partial charge in [0, 0.05) is 31.7 Å². The first-order valence-electron chi connectivity index (χ1n) is 10.1. The SMILES string of the molecule is O=C(CSc1ccccn1)N1CCC(N2C(=O)O[C@@H]3Cc4ccccc4[C@@H]32)CC1. The van der Waals surface area contributed by atoms with Gasteiger partial charge in [0.2, 0.25) is 5.91 Å². The zero-order valence-electron chi connectivity index (χ0n) is 16.1. The Kier molecular flexibility index (Phi) is 4.91. The fourth-order valence-electron chi connectivity index (χ4n) is 4.71. The molecule has 2 fully saturated rings. The molecule has 3 aliphatic rings. The molecule has 7 heteroatoms. The quantitative estimate of drug-likeness (QED) is 0.725. The maximum atomic E-state index is 12.6. The number of aromatic nitrogens is 1. The highest BCUT2D eigenvalue weighted by Gasteiger charge is 2.50. The van der Waals surface area contributed by atoms with E-state index >= 15 is 0 Å². The van der Waals surface area contributed by atoms with Gasteiger partial charge >= 0.3 is 6.09 Å². The van der Waals surface area contributed by atoms with Crippen LogP contribution in [0, 0.1) is 0 Å². The van der Waals surface area contributed by atoms with E-state index in [1.165, 1.54) is 22.9 Å². The molecule has 0 saturated carbocycles. The van der Waals surface area contributed by atoms with Crippen molar-refractivity contribution in [3.8, 4) is 0 Å². The van der Waals surface area contributed by atoms with Gasteiger partial charge in [-0.2, -0.15) is 0 Å². The van der Waals surface area contributed by atoms with Gasteiger partial charge in [0.05, 0.1) is 16.8 Å². The molecular weight excluding hydrogens is 386 g/mol. The second kappa shape index (κ2) is 7.71. The lowest BCUT2D eigenvalue weighted by atomic mass is 9.99. The van der Waals surface area contributed by atoms with Crippen molar-refractivity contribution in [3.63, 3.8) is 0 Å². The summed E-state index contributed by atoms with van der Waals surface area (Å²) >= 11 is 1.47. The van der Waals surface area contributed by atoms with Gasteiger partial charge in [-0.15, -0.1) is 0 Å². The molecule has 1 aromatic heterocycles. The monoisotopic (exact) mass is 409 g/mol. The molecule has 2 saturated heterocycles. The average molecular weight is 410 g/mol. The number of piperidine rings is 1. The molecule has 2 amide bonds. The molecule has 0 N–H and O–H groups in total. The van der Waals surface area contributed by atoms with Crippen molar-refractivity contribution in [3.05, 3.63) is 59.8 Å². The Balaban J connectivity index is 1.20. The van der Waals surface area contributed by atoms with Crippen molar-refractivity contribution in [2.24, 2.45) is 0 Å². The lowest BCUT2D eigenvalue weighted by Crippen LogP contribution is -2.48. The lowest BCUT2D eigenvalue weighted by Gasteiger charge is -2.37. The van der Waals surface area contributed by atoms with Crippen LogP contribution in [0.25, 0.3) is 0 Å². The zero-order valence-corrected chi connectivity index (χ0v) is 16.9. The molecule has 1 aliphatic carbocycles. The van der Waals surface area contributed by atoms with Crippen LogP contribution < -0.4 is 0 Å². The van der Waals surface area contributed by atoms with Gasteiger partial charge in [-0.1, -0.05) is 42.1 Å². The molecule has 1 aromatic carbocycles. The van der Waals surface area contributed by atoms with Crippen LogP contribution in [-0.4, -0.2) is 57.8 Å². The van der Waals surface area contributed by atoms with Crippen molar-refractivity contribution >= 4 is 23.8 Å². The van der Waals surface area contributed by atoms with Crippen LogP contribution >= 0.6 is 11.8 Å². The Labute approximate surface area is 174 Å². The number of pyridine rings is 1. The molecular formula is C22H23N3O3S. The summed E-state index contributed by atoms with van der Waals surface area (Å²) in [5.41, 5.74) is 2.49. The fourth-order valence-corrected chi connectivity index (χ4v) is 5.47. The van der Waals surface area contributed by atoms with Crippen molar-refractivity contribution in [1.82, 2.24) is 14.8 Å². The third kappa shape index (κ3) is 3.48. The number of nitrogens with zero attached hydrogens (tertiary/aromatic N) is 3. The molecule has 150 valence electrons. The predicted molar refractivity (Wildman–Crippen MR) is 110 cm³/mol. The number of amides is 2.